The molecule has 0 spiro atoms. The van der Waals surface area contributed by atoms with Crippen molar-refractivity contribution in [3.05, 3.63) is 23.9 Å². The Morgan fingerprint density at radius 1 is 1.32 bits per heavy atom. The van der Waals surface area contributed by atoms with Crippen LogP contribution in [0.5, 0.6) is 0 Å². The number of hydrogen-bond donors (Lipinski definition) is 1. The zero-order valence-corrected chi connectivity index (χ0v) is 11.2. The fraction of sp³-hybridized carbons (Fsp3) is 0.643. The van der Waals surface area contributed by atoms with Gasteiger partial charge in [0.15, 0.2) is 0 Å². The zero-order chi connectivity index (χ0) is 14.1. The van der Waals surface area contributed by atoms with Gasteiger partial charge in [0.2, 0.25) is 0 Å². The highest BCUT2D eigenvalue weighted by molar-refractivity contribution is 5.37. The SMILES string of the molecule is CC1(C)CCCC(Nc2cccc(C(F)(F)F)n2)C1. The first kappa shape index (κ1) is 14.2. The van der Waals surface area contributed by atoms with E-state index in [1.54, 1.807) is 6.07 Å². The molecule has 1 atom stereocenters. The number of halogens is 3. The molecule has 2 nitrogen and oxygen atoms in total. The van der Waals surface area contributed by atoms with Crippen molar-refractivity contribution >= 4 is 5.82 Å². The minimum Gasteiger partial charge on any atom is -0.367 e. The van der Waals surface area contributed by atoms with Gasteiger partial charge in [-0.1, -0.05) is 26.3 Å². The normalized spacial score (nSPS) is 23.1. The fourth-order valence-corrected chi connectivity index (χ4v) is 2.70. The Morgan fingerprint density at radius 2 is 2.05 bits per heavy atom. The van der Waals surface area contributed by atoms with E-state index in [4.69, 9.17) is 0 Å². The summed E-state index contributed by atoms with van der Waals surface area (Å²) in [5, 5.41) is 3.14. The molecule has 0 amide bonds. The first-order valence-electron chi connectivity index (χ1n) is 6.57. The molecule has 19 heavy (non-hydrogen) atoms. The highest BCUT2D eigenvalue weighted by atomic mass is 19.4. The molecule has 1 heterocycles. The highest BCUT2D eigenvalue weighted by Gasteiger charge is 2.33. The second-order valence-corrected chi connectivity index (χ2v) is 6.01. The summed E-state index contributed by atoms with van der Waals surface area (Å²) >= 11 is 0. The van der Waals surface area contributed by atoms with E-state index in [1.165, 1.54) is 12.5 Å². The van der Waals surface area contributed by atoms with Crippen molar-refractivity contribution in [1.29, 1.82) is 0 Å². The number of pyridine rings is 1. The summed E-state index contributed by atoms with van der Waals surface area (Å²) in [5.41, 5.74) is -0.593. The van der Waals surface area contributed by atoms with Crippen molar-refractivity contribution in [2.75, 3.05) is 5.32 Å². The summed E-state index contributed by atoms with van der Waals surface area (Å²) in [4.78, 5) is 3.65. The molecule has 1 aliphatic carbocycles. The Kier molecular flexibility index (Phi) is 3.74. The standard InChI is InChI=1S/C14H19F3N2/c1-13(2)8-4-5-10(9-13)18-12-7-3-6-11(19-12)14(15,16)17/h3,6-7,10H,4-5,8-9H2,1-2H3,(H,18,19). The summed E-state index contributed by atoms with van der Waals surface area (Å²) < 4.78 is 37.7. The van der Waals surface area contributed by atoms with E-state index in [1.807, 2.05) is 0 Å². The van der Waals surface area contributed by atoms with Crippen LogP contribution in [-0.2, 0) is 6.18 Å². The maximum atomic E-state index is 12.6. The van der Waals surface area contributed by atoms with Gasteiger partial charge in [-0.25, -0.2) is 4.98 Å². The van der Waals surface area contributed by atoms with E-state index < -0.39 is 11.9 Å². The second kappa shape index (κ2) is 5.02. The van der Waals surface area contributed by atoms with Crippen molar-refractivity contribution in [3.8, 4) is 0 Å². The molecule has 1 aromatic rings. The molecule has 1 N–H and O–H groups in total. The minimum absolute atomic E-state index is 0.208. The molecule has 2 rings (SSSR count). The van der Waals surface area contributed by atoms with Crippen LogP contribution < -0.4 is 5.32 Å². The van der Waals surface area contributed by atoms with Gasteiger partial charge >= 0.3 is 6.18 Å². The van der Waals surface area contributed by atoms with Crippen molar-refractivity contribution in [2.24, 2.45) is 5.41 Å². The largest absolute Gasteiger partial charge is 0.433 e. The Balaban J connectivity index is 2.07. The zero-order valence-electron chi connectivity index (χ0n) is 11.2. The smallest absolute Gasteiger partial charge is 0.367 e. The van der Waals surface area contributed by atoms with E-state index >= 15 is 0 Å². The van der Waals surface area contributed by atoms with Gasteiger partial charge in [0.25, 0.3) is 0 Å². The molecular formula is C14H19F3N2. The summed E-state index contributed by atoms with van der Waals surface area (Å²) in [6, 6.07) is 4.19. The summed E-state index contributed by atoms with van der Waals surface area (Å²) in [6.07, 6.45) is -0.166. The van der Waals surface area contributed by atoms with Crippen LogP contribution in [-0.4, -0.2) is 11.0 Å². The van der Waals surface area contributed by atoms with E-state index in [2.05, 4.69) is 24.1 Å². The number of nitrogens with zero attached hydrogens (tertiary/aromatic N) is 1. The Hall–Kier alpha value is -1.26. The molecule has 0 aliphatic heterocycles. The molecule has 1 aliphatic rings. The molecule has 5 heteroatoms. The van der Waals surface area contributed by atoms with Crippen LogP contribution in [0.1, 0.15) is 45.2 Å². The predicted molar refractivity (Wildman–Crippen MR) is 68.9 cm³/mol. The third kappa shape index (κ3) is 3.85. The van der Waals surface area contributed by atoms with E-state index in [0.717, 1.165) is 25.3 Å². The summed E-state index contributed by atoms with van der Waals surface area (Å²) in [6.45, 7) is 4.39. The van der Waals surface area contributed by atoms with Gasteiger partial charge in [-0.3, -0.25) is 0 Å². The maximum absolute atomic E-state index is 12.6. The van der Waals surface area contributed by atoms with Crippen molar-refractivity contribution in [3.63, 3.8) is 0 Å². The van der Waals surface area contributed by atoms with Crippen molar-refractivity contribution < 1.29 is 13.2 Å². The molecule has 0 aromatic carbocycles. The average molecular weight is 272 g/mol. The van der Waals surface area contributed by atoms with Crippen LogP contribution in [0, 0.1) is 5.41 Å². The molecule has 1 unspecified atom stereocenters. The fourth-order valence-electron chi connectivity index (χ4n) is 2.70. The number of anilines is 1. The van der Waals surface area contributed by atoms with Gasteiger partial charge in [0.05, 0.1) is 0 Å². The lowest BCUT2D eigenvalue weighted by Crippen LogP contribution is -2.32. The van der Waals surface area contributed by atoms with Crippen LogP contribution in [0.4, 0.5) is 19.0 Å². The average Bonchev–Trinajstić information content (AvgIpc) is 2.26. The molecule has 106 valence electrons. The Labute approximate surface area is 111 Å². The molecule has 0 saturated heterocycles. The minimum atomic E-state index is -4.39. The third-order valence-corrected chi connectivity index (χ3v) is 3.60. The molecular weight excluding hydrogens is 253 g/mol. The Morgan fingerprint density at radius 3 is 2.68 bits per heavy atom. The van der Waals surface area contributed by atoms with Crippen LogP contribution >= 0.6 is 0 Å². The lowest BCUT2D eigenvalue weighted by Gasteiger charge is -2.35. The number of alkyl halides is 3. The third-order valence-electron chi connectivity index (χ3n) is 3.60. The predicted octanol–water partition coefficient (Wildman–Crippen LogP) is 4.48. The van der Waals surface area contributed by atoms with E-state index in [9.17, 15) is 13.2 Å². The highest BCUT2D eigenvalue weighted by Crippen LogP contribution is 2.36. The number of aromatic nitrogens is 1. The van der Waals surface area contributed by atoms with Gasteiger partial charge in [-0.05, 0) is 36.8 Å². The maximum Gasteiger partial charge on any atom is 0.433 e. The van der Waals surface area contributed by atoms with E-state index in [-0.39, 0.29) is 11.5 Å². The van der Waals surface area contributed by atoms with Crippen molar-refractivity contribution in [2.45, 2.75) is 51.7 Å². The lowest BCUT2D eigenvalue weighted by molar-refractivity contribution is -0.141. The van der Waals surface area contributed by atoms with E-state index in [0.29, 0.717) is 5.82 Å². The second-order valence-electron chi connectivity index (χ2n) is 6.01. The first-order chi connectivity index (χ1) is 8.76. The van der Waals surface area contributed by atoms with Crippen LogP contribution in [0.15, 0.2) is 18.2 Å². The Bertz CT molecular complexity index is 441. The molecule has 1 aromatic heterocycles. The van der Waals surface area contributed by atoms with Crippen molar-refractivity contribution in [1.82, 2.24) is 4.98 Å². The van der Waals surface area contributed by atoms with Gasteiger partial charge in [0, 0.05) is 6.04 Å². The van der Waals surface area contributed by atoms with Gasteiger partial charge < -0.3 is 5.32 Å². The molecule has 1 fully saturated rings. The topological polar surface area (TPSA) is 24.9 Å². The summed E-state index contributed by atoms with van der Waals surface area (Å²) in [7, 11) is 0. The molecule has 0 bridgehead atoms. The van der Waals surface area contributed by atoms with Crippen LogP contribution in [0.3, 0.4) is 0 Å². The lowest BCUT2D eigenvalue weighted by atomic mass is 9.75. The number of rotatable bonds is 2. The van der Waals surface area contributed by atoms with Crippen LogP contribution in [0.2, 0.25) is 0 Å². The van der Waals surface area contributed by atoms with Gasteiger partial charge in [-0.15, -0.1) is 0 Å². The van der Waals surface area contributed by atoms with Gasteiger partial charge in [0.1, 0.15) is 11.5 Å². The number of nitrogens with one attached hydrogen (secondary N) is 1. The van der Waals surface area contributed by atoms with Crippen LogP contribution in [0.25, 0.3) is 0 Å². The molecule has 0 radical (unpaired) electrons. The quantitative estimate of drug-likeness (QED) is 0.858. The molecule has 1 saturated carbocycles. The number of hydrogen-bond acceptors (Lipinski definition) is 2. The first-order valence-corrected chi connectivity index (χ1v) is 6.57. The monoisotopic (exact) mass is 272 g/mol. The summed E-state index contributed by atoms with van der Waals surface area (Å²) in [5.74, 6) is 0.317. The van der Waals surface area contributed by atoms with Gasteiger partial charge in [-0.2, -0.15) is 13.2 Å².